The van der Waals surface area contributed by atoms with Crippen LogP contribution >= 0.6 is 0 Å². The van der Waals surface area contributed by atoms with Gasteiger partial charge < -0.3 is 9.84 Å². The van der Waals surface area contributed by atoms with Gasteiger partial charge in [-0.05, 0) is 41.8 Å². The Hall–Kier alpha value is -3.20. The Morgan fingerprint density at radius 3 is 2.20 bits per heavy atom. The van der Waals surface area contributed by atoms with Crippen molar-refractivity contribution in [2.24, 2.45) is 16.7 Å². The number of hydrogen-bond donors (Lipinski definition) is 1. The molecule has 0 aliphatic carbocycles. The highest BCUT2D eigenvalue weighted by Gasteiger charge is 2.59. The van der Waals surface area contributed by atoms with E-state index in [-0.39, 0.29) is 0 Å². The van der Waals surface area contributed by atoms with Crippen molar-refractivity contribution in [2.75, 3.05) is 0 Å². The SMILES string of the molecule is CC(C)C(C(=O)O)(C(C#N)c1cccc(Oc2ccccc2)c1)C(C)(C)C=C(F)F. The molecule has 0 heterocycles. The molecule has 0 aliphatic heterocycles. The lowest BCUT2D eigenvalue weighted by molar-refractivity contribution is -0.160. The van der Waals surface area contributed by atoms with Crippen LogP contribution in [0.5, 0.6) is 11.5 Å². The van der Waals surface area contributed by atoms with Crippen LogP contribution in [0.4, 0.5) is 8.78 Å². The van der Waals surface area contributed by atoms with Gasteiger partial charge in [0.15, 0.2) is 0 Å². The summed E-state index contributed by atoms with van der Waals surface area (Å²) >= 11 is 0. The van der Waals surface area contributed by atoms with Crippen molar-refractivity contribution in [2.45, 2.75) is 33.6 Å². The Balaban J connectivity index is 2.64. The standard InChI is InChI=1S/C24H25F2NO3/c1-16(2)24(22(28)29,23(3,4)14-21(25)26)20(15-27)17-9-8-12-19(13-17)30-18-10-6-5-7-11-18/h5-14,16,20H,1-4H3,(H,28,29). The largest absolute Gasteiger partial charge is 0.481 e. The number of nitrogens with zero attached hydrogens (tertiary/aromatic N) is 1. The Morgan fingerprint density at radius 1 is 1.10 bits per heavy atom. The van der Waals surface area contributed by atoms with Crippen LogP contribution in [0, 0.1) is 28.1 Å². The first-order valence-electron chi connectivity index (χ1n) is 9.56. The maximum Gasteiger partial charge on any atom is 0.312 e. The molecule has 2 rings (SSSR count). The van der Waals surface area contributed by atoms with Crippen molar-refractivity contribution in [3.8, 4) is 17.6 Å². The third-order valence-corrected chi connectivity index (χ3v) is 5.56. The van der Waals surface area contributed by atoms with E-state index < -0.39 is 34.7 Å². The fourth-order valence-corrected chi connectivity index (χ4v) is 4.31. The van der Waals surface area contributed by atoms with Gasteiger partial charge in [0.1, 0.15) is 11.5 Å². The molecule has 0 saturated heterocycles. The molecule has 2 aromatic carbocycles. The molecule has 0 aliphatic rings. The van der Waals surface area contributed by atoms with Gasteiger partial charge in [0.05, 0.1) is 17.4 Å². The van der Waals surface area contributed by atoms with Crippen LogP contribution < -0.4 is 4.74 Å². The molecular weight excluding hydrogens is 388 g/mol. The predicted octanol–water partition coefficient (Wildman–Crippen LogP) is 6.62. The Bertz CT molecular complexity index is 960. The van der Waals surface area contributed by atoms with Crippen LogP contribution in [0.15, 0.2) is 66.8 Å². The van der Waals surface area contributed by atoms with E-state index in [4.69, 9.17) is 4.74 Å². The molecule has 0 amide bonds. The van der Waals surface area contributed by atoms with E-state index in [1.54, 1.807) is 50.2 Å². The minimum absolute atomic E-state index is 0.391. The predicted molar refractivity (Wildman–Crippen MR) is 110 cm³/mol. The molecule has 0 radical (unpaired) electrons. The normalized spacial score (nSPS) is 14.3. The lowest BCUT2D eigenvalue weighted by Crippen LogP contribution is -2.51. The van der Waals surface area contributed by atoms with Gasteiger partial charge in [-0.1, -0.05) is 58.0 Å². The third-order valence-electron chi connectivity index (χ3n) is 5.56. The number of carboxylic acid groups (broad SMARTS) is 1. The molecule has 2 aromatic rings. The second-order valence-corrected chi connectivity index (χ2v) is 8.03. The molecule has 2 unspecified atom stereocenters. The maximum atomic E-state index is 13.2. The van der Waals surface area contributed by atoms with Gasteiger partial charge in [0.25, 0.3) is 6.08 Å². The van der Waals surface area contributed by atoms with E-state index in [1.807, 2.05) is 18.2 Å². The van der Waals surface area contributed by atoms with Gasteiger partial charge in [0, 0.05) is 5.41 Å². The third kappa shape index (κ3) is 4.35. The second kappa shape index (κ2) is 9.08. The Labute approximate surface area is 175 Å². The number of ether oxygens (including phenoxy) is 1. The number of rotatable bonds is 8. The van der Waals surface area contributed by atoms with Gasteiger partial charge in [0.2, 0.25) is 0 Å². The summed E-state index contributed by atoms with van der Waals surface area (Å²) in [5.74, 6) is -2.11. The zero-order valence-electron chi connectivity index (χ0n) is 17.4. The number of carbonyl (C=O) groups is 1. The number of allylic oxidation sites excluding steroid dienone is 1. The first-order chi connectivity index (χ1) is 14.1. The molecule has 4 nitrogen and oxygen atoms in total. The number of para-hydroxylation sites is 1. The van der Waals surface area contributed by atoms with Crippen molar-refractivity contribution < 1.29 is 23.4 Å². The van der Waals surface area contributed by atoms with Crippen LogP contribution in [-0.4, -0.2) is 11.1 Å². The van der Waals surface area contributed by atoms with Crippen molar-refractivity contribution in [3.05, 3.63) is 72.3 Å². The first-order valence-corrected chi connectivity index (χ1v) is 9.56. The highest BCUT2D eigenvalue weighted by atomic mass is 19.3. The summed E-state index contributed by atoms with van der Waals surface area (Å²) in [5.41, 5.74) is -2.93. The highest BCUT2D eigenvalue weighted by molar-refractivity contribution is 5.79. The number of aliphatic carboxylic acids is 1. The summed E-state index contributed by atoms with van der Waals surface area (Å²) in [6, 6.07) is 17.6. The number of carboxylic acids is 1. The topological polar surface area (TPSA) is 70.3 Å². The van der Waals surface area contributed by atoms with Crippen LogP contribution in [0.2, 0.25) is 0 Å². The molecule has 158 valence electrons. The molecule has 0 spiro atoms. The molecule has 0 aromatic heterocycles. The molecule has 2 atom stereocenters. The highest BCUT2D eigenvalue weighted by Crippen LogP contribution is 2.56. The monoisotopic (exact) mass is 413 g/mol. The van der Waals surface area contributed by atoms with E-state index >= 15 is 0 Å². The number of benzene rings is 2. The van der Waals surface area contributed by atoms with Crippen LogP contribution in [0.3, 0.4) is 0 Å². The number of hydrogen-bond acceptors (Lipinski definition) is 3. The minimum atomic E-state index is -1.98. The van der Waals surface area contributed by atoms with E-state index in [1.165, 1.54) is 13.8 Å². The van der Waals surface area contributed by atoms with Gasteiger partial charge in [-0.25, -0.2) is 0 Å². The zero-order chi connectivity index (χ0) is 22.5. The average Bonchev–Trinajstić information content (AvgIpc) is 2.65. The lowest BCUT2D eigenvalue weighted by atomic mass is 9.52. The summed E-state index contributed by atoms with van der Waals surface area (Å²) in [7, 11) is 0. The van der Waals surface area contributed by atoms with Crippen molar-refractivity contribution in [1.82, 2.24) is 0 Å². The maximum absolute atomic E-state index is 13.2. The summed E-state index contributed by atoms with van der Waals surface area (Å²) in [6.45, 7) is 6.12. The quantitative estimate of drug-likeness (QED) is 0.528. The Morgan fingerprint density at radius 2 is 1.70 bits per heavy atom. The van der Waals surface area contributed by atoms with Crippen molar-refractivity contribution in [3.63, 3.8) is 0 Å². The minimum Gasteiger partial charge on any atom is -0.481 e. The zero-order valence-corrected chi connectivity index (χ0v) is 17.4. The average molecular weight is 413 g/mol. The van der Waals surface area contributed by atoms with E-state index in [2.05, 4.69) is 6.07 Å². The fourth-order valence-electron chi connectivity index (χ4n) is 4.31. The summed E-state index contributed by atoms with van der Waals surface area (Å²) in [6.07, 6.45) is -1.35. The summed E-state index contributed by atoms with van der Waals surface area (Å²) in [4.78, 5) is 12.6. The molecule has 30 heavy (non-hydrogen) atoms. The lowest BCUT2D eigenvalue weighted by Gasteiger charge is -2.47. The van der Waals surface area contributed by atoms with Crippen molar-refractivity contribution >= 4 is 5.97 Å². The molecule has 6 heteroatoms. The van der Waals surface area contributed by atoms with E-state index in [0.717, 1.165) is 0 Å². The van der Waals surface area contributed by atoms with Crippen molar-refractivity contribution in [1.29, 1.82) is 5.26 Å². The molecule has 0 fully saturated rings. The van der Waals surface area contributed by atoms with Gasteiger partial charge in [-0.3, -0.25) is 4.79 Å². The smallest absolute Gasteiger partial charge is 0.312 e. The van der Waals surface area contributed by atoms with E-state index in [9.17, 15) is 23.9 Å². The van der Waals surface area contributed by atoms with Crippen LogP contribution in [0.1, 0.15) is 39.2 Å². The number of halogens is 2. The van der Waals surface area contributed by atoms with Crippen LogP contribution in [0.25, 0.3) is 0 Å². The number of nitriles is 1. The fraction of sp³-hybridized carbons (Fsp3) is 0.333. The van der Waals surface area contributed by atoms with Gasteiger partial charge >= 0.3 is 5.97 Å². The molecule has 1 N–H and O–H groups in total. The molecule has 0 bridgehead atoms. The second-order valence-electron chi connectivity index (χ2n) is 8.03. The first kappa shape index (κ1) is 23.1. The van der Waals surface area contributed by atoms with E-state index in [0.29, 0.717) is 23.1 Å². The summed E-state index contributed by atoms with van der Waals surface area (Å²) in [5, 5.41) is 20.3. The molecule has 0 saturated carbocycles. The van der Waals surface area contributed by atoms with Gasteiger partial charge in [-0.2, -0.15) is 14.0 Å². The van der Waals surface area contributed by atoms with Crippen LogP contribution in [-0.2, 0) is 4.79 Å². The Kier molecular flexibility index (Phi) is 6.99. The summed E-state index contributed by atoms with van der Waals surface area (Å²) < 4.78 is 32.3. The van der Waals surface area contributed by atoms with Gasteiger partial charge in [-0.15, -0.1) is 0 Å². The molecular formula is C24H25F2NO3.